The first-order valence-electron chi connectivity index (χ1n) is 11.1. The minimum Gasteiger partial charge on any atom is -0.493 e. The zero-order valence-electron chi connectivity index (χ0n) is 19.3. The summed E-state index contributed by atoms with van der Waals surface area (Å²) in [6, 6.07) is 12.6. The molecule has 6 heteroatoms. The lowest BCUT2D eigenvalue weighted by Gasteiger charge is -2.41. The van der Waals surface area contributed by atoms with Crippen LogP contribution < -0.4 is 20.1 Å². The molecule has 2 N–H and O–H groups in total. The molecule has 1 aliphatic rings. The van der Waals surface area contributed by atoms with Crippen LogP contribution in [0.25, 0.3) is 0 Å². The van der Waals surface area contributed by atoms with Gasteiger partial charge in [-0.3, -0.25) is 4.90 Å². The molecule has 2 aromatic rings. The van der Waals surface area contributed by atoms with Crippen molar-refractivity contribution in [2.24, 2.45) is 0 Å². The molecule has 168 valence electrons. The predicted octanol–water partition coefficient (Wildman–Crippen LogP) is 4.21. The molecule has 2 amide bonds. The van der Waals surface area contributed by atoms with Crippen LogP contribution in [-0.4, -0.2) is 44.3 Å². The zero-order chi connectivity index (χ0) is 22.4. The van der Waals surface area contributed by atoms with Crippen LogP contribution in [0.4, 0.5) is 4.79 Å². The molecule has 1 aliphatic heterocycles. The first kappa shape index (κ1) is 22.9. The number of nitrogens with one attached hydrogen (secondary N) is 2. The molecule has 0 spiro atoms. The number of aryl methyl sites for hydroxylation is 1. The van der Waals surface area contributed by atoms with Gasteiger partial charge in [0.2, 0.25) is 0 Å². The quantitative estimate of drug-likeness (QED) is 0.665. The van der Waals surface area contributed by atoms with Gasteiger partial charge in [-0.1, -0.05) is 36.8 Å². The van der Waals surface area contributed by atoms with E-state index < -0.39 is 0 Å². The van der Waals surface area contributed by atoms with Gasteiger partial charge in [0.25, 0.3) is 0 Å². The van der Waals surface area contributed by atoms with Crippen LogP contribution in [0.15, 0.2) is 36.4 Å². The Hall–Kier alpha value is -2.73. The number of urea groups is 1. The van der Waals surface area contributed by atoms with E-state index in [2.05, 4.69) is 65.8 Å². The van der Waals surface area contributed by atoms with Crippen LogP contribution in [0, 0.1) is 6.92 Å². The second kappa shape index (κ2) is 10.5. The highest BCUT2D eigenvalue weighted by Gasteiger charge is 2.33. The van der Waals surface area contributed by atoms with Gasteiger partial charge >= 0.3 is 6.03 Å². The number of methoxy groups -OCH3 is 2. The fourth-order valence-corrected chi connectivity index (χ4v) is 4.29. The molecule has 0 saturated carbocycles. The second-order valence-corrected chi connectivity index (χ2v) is 8.25. The maximum atomic E-state index is 12.4. The third-order valence-electron chi connectivity index (χ3n) is 5.90. The molecule has 0 aliphatic carbocycles. The molecule has 0 unspecified atom stereocenters. The van der Waals surface area contributed by atoms with Crippen molar-refractivity contribution in [2.75, 3.05) is 27.3 Å². The van der Waals surface area contributed by atoms with Crippen molar-refractivity contribution < 1.29 is 14.3 Å². The Morgan fingerprint density at radius 2 is 1.84 bits per heavy atom. The van der Waals surface area contributed by atoms with E-state index >= 15 is 0 Å². The van der Waals surface area contributed by atoms with Crippen LogP contribution in [0.2, 0.25) is 0 Å². The van der Waals surface area contributed by atoms with Gasteiger partial charge in [0.05, 0.1) is 20.3 Å². The lowest BCUT2D eigenvalue weighted by Crippen LogP contribution is -2.49. The van der Waals surface area contributed by atoms with E-state index in [1.807, 2.05) is 6.92 Å². The number of hydrogen-bond acceptors (Lipinski definition) is 4. The second-order valence-electron chi connectivity index (χ2n) is 8.25. The average Bonchev–Trinajstić information content (AvgIpc) is 2.77. The normalized spacial score (nSPS) is 16.9. The van der Waals surface area contributed by atoms with E-state index in [9.17, 15) is 4.79 Å². The van der Waals surface area contributed by atoms with Gasteiger partial charge < -0.3 is 20.1 Å². The molecular weight excluding hydrogens is 390 g/mol. The standard InChI is InChI=1S/C25H35N3O3/c1-6-12-26-25(29)27-18(3)24-21-15-23(31-5)22(30-4)14-20(21)11-13-28(24)16-19-9-7-17(2)8-10-19/h7-10,14-15,18,24H,6,11-13,16H2,1-5H3,(H2,26,27,29)/t18-,24+/m1/s1. The zero-order valence-corrected chi connectivity index (χ0v) is 19.3. The summed E-state index contributed by atoms with van der Waals surface area (Å²) in [6.07, 6.45) is 1.83. The van der Waals surface area contributed by atoms with Gasteiger partial charge in [0.15, 0.2) is 11.5 Å². The van der Waals surface area contributed by atoms with Crippen molar-refractivity contribution in [1.82, 2.24) is 15.5 Å². The maximum Gasteiger partial charge on any atom is 0.315 e. The van der Waals surface area contributed by atoms with Crippen LogP contribution in [0.1, 0.15) is 48.6 Å². The lowest BCUT2D eigenvalue weighted by molar-refractivity contribution is 0.143. The summed E-state index contributed by atoms with van der Waals surface area (Å²) < 4.78 is 11.1. The number of rotatable bonds is 8. The first-order chi connectivity index (χ1) is 15.0. The fourth-order valence-electron chi connectivity index (χ4n) is 4.29. The minimum absolute atomic E-state index is 0.0252. The van der Waals surface area contributed by atoms with Crippen LogP contribution in [-0.2, 0) is 13.0 Å². The molecule has 0 saturated heterocycles. The average molecular weight is 426 g/mol. The molecule has 6 nitrogen and oxygen atoms in total. The molecule has 0 radical (unpaired) electrons. The Balaban J connectivity index is 1.93. The fraction of sp³-hybridized carbons (Fsp3) is 0.480. The molecule has 0 aromatic heterocycles. The van der Waals surface area contributed by atoms with Crippen LogP contribution >= 0.6 is 0 Å². The summed E-state index contributed by atoms with van der Waals surface area (Å²) in [5.74, 6) is 1.46. The number of hydrogen-bond donors (Lipinski definition) is 2. The Bertz CT molecular complexity index is 882. The van der Waals surface area contributed by atoms with E-state index in [1.54, 1.807) is 14.2 Å². The number of fused-ring (bicyclic) bond motifs is 1. The summed E-state index contributed by atoms with van der Waals surface area (Å²) in [5, 5.41) is 6.08. The molecule has 1 heterocycles. The lowest BCUT2D eigenvalue weighted by atomic mass is 9.87. The van der Waals surface area contributed by atoms with Crippen molar-refractivity contribution in [1.29, 1.82) is 0 Å². The molecule has 0 bridgehead atoms. The van der Waals surface area contributed by atoms with Crippen LogP contribution in [0.5, 0.6) is 11.5 Å². The Morgan fingerprint density at radius 1 is 1.16 bits per heavy atom. The summed E-state index contributed by atoms with van der Waals surface area (Å²) in [7, 11) is 3.32. The van der Waals surface area contributed by atoms with Gasteiger partial charge in [0, 0.05) is 25.7 Å². The van der Waals surface area contributed by atoms with Gasteiger partial charge in [0.1, 0.15) is 0 Å². The van der Waals surface area contributed by atoms with Crippen molar-refractivity contribution in [3.05, 3.63) is 58.7 Å². The Kier molecular flexibility index (Phi) is 7.80. The Morgan fingerprint density at radius 3 is 2.48 bits per heavy atom. The highest BCUT2D eigenvalue weighted by atomic mass is 16.5. The summed E-state index contributed by atoms with van der Waals surface area (Å²) in [5.41, 5.74) is 4.94. The smallest absolute Gasteiger partial charge is 0.315 e. The summed E-state index contributed by atoms with van der Waals surface area (Å²) in [6.45, 7) is 8.61. The molecule has 2 atom stereocenters. The van der Waals surface area contributed by atoms with E-state index in [-0.39, 0.29) is 18.1 Å². The third-order valence-corrected chi connectivity index (χ3v) is 5.90. The molecule has 3 rings (SSSR count). The maximum absolute atomic E-state index is 12.4. The molecule has 2 aromatic carbocycles. The van der Waals surface area contributed by atoms with Crippen LogP contribution in [0.3, 0.4) is 0 Å². The van der Waals surface area contributed by atoms with E-state index in [0.717, 1.165) is 31.7 Å². The molecule has 0 fully saturated rings. The van der Waals surface area contributed by atoms with Gasteiger partial charge in [-0.05, 0) is 55.5 Å². The molecular formula is C25H35N3O3. The number of carbonyl (C=O) groups excluding carboxylic acids is 1. The monoisotopic (exact) mass is 425 g/mol. The number of amides is 2. The summed E-state index contributed by atoms with van der Waals surface area (Å²) in [4.78, 5) is 14.9. The number of ether oxygens (including phenoxy) is 2. The summed E-state index contributed by atoms with van der Waals surface area (Å²) >= 11 is 0. The number of benzene rings is 2. The van der Waals surface area contributed by atoms with E-state index in [0.29, 0.717) is 12.3 Å². The highest BCUT2D eigenvalue weighted by Crippen LogP contribution is 2.40. The van der Waals surface area contributed by atoms with E-state index in [1.165, 1.54) is 22.3 Å². The first-order valence-corrected chi connectivity index (χ1v) is 11.1. The predicted molar refractivity (Wildman–Crippen MR) is 124 cm³/mol. The molecule has 31 heavy (non-hydrogen) atoms. The van der Waals surface area contributed by atoms with Crippen molar-refractivity contribution in [3.8, 4) is 11.5 Å². The van der Waals surface area contributed by atoms with Gasteiger partial charge in [-0.15, -0.1) is 0 Å². The minimum atomic E-state index is -0.128. The third kappa shape index (κ3) is 5.50. The highest BCUT2D eigenvalue weighted by molar-refractivity contribution is 5.74. The largest absolute Gasteiger partial charge is 0.493 e. The number of nitrogens with zero attached hydrogens (tertiary/aromatic N) is 1. The number of carbonyl (C=O) groups is 1. The van der Waals surface area contributed by atoms with Crippen molar-refractivity contribution in [2.45, 2.75) is 52.2 Å². The topological polar surface area (TPSA) is 62.8 Å². The van der Waals surface area contributed by atoms with Gasteiger partial charge in [-0.25, -0.2) is 4.79 Å². The van der Waals surface area contributed by atoms with Crippen molar-refractivity contribution >= 4 is 6.03 Å². The van der Waals surface area contributed by atoms with Gasteiger partial charge in [-0.2, -0.15) is 0 Å². The van der Waals surface area contributed by atoms with Crippen molar-refractivity contribution in [3.63, 3.8) is 0 Å². The van der Waals surface area contributed by atoms with E-state index in [4.69, 9.17) is 9.47 Å². The SMILES string of the molecule is CCCNC(=O)N[C@H](C)[C@H]1c2cc(OC)c(OC)cc2CCN1Cc1ccc(C)cc1. The Labute approximate surface area is 185 Å².